The van der Waals surface area contributed by atoms with Gasteiger partial charge in [-0.25, -0.2) is 9.59 Å². The van der Waals surface area contributed by atoms with Crippen LogP contribution in [0.3, 0.4) is 0 Å². The summed E-state index contributed by atoms with van der Waals surface area (Å²) in [5, 5.41) is 2.58. The van der Waals surface area contributed by atoms with E-state index in [2.05, 4.69) is 10.1 Å². The van der Waals surface area contributed by atoms with Crippen LogP contribution in [0.4, 0.5) is 0 Å². The van der Waals surface area contributed by atoms with Crippen LogP contribution in [-0.4, -0.2) is 31.0 Å². The second-order valence-electron chi connectivity index (χ2n) is 5.54. The molecule has 1 N–H and O–H groups in total. The predicted octanol–water partition coefficient (Wildman–Crippen LogP) is 2.16. The minimum atomic E-state index is -0.854. The lowest BCUT2D eigenvalue weighted by Crippen LogP contribution is -2.45. The number of carbonyl (C=O) groups excluding carboxylic acids is 3. The van der Waals surface area contributed by atoms with Gasteiger partial charge in [0.2, 0.25) is 5.76 Å². The second-order valence-corrected chi connectivity index (χ2v) is 5.54. The normalized spacial score (nSPS) is 11.8. The lowest BCUT2D eigenvalue weighted by atomic mass is 10.0. The van der Waals surface area contributed by atoms with E-state index in [0.717, 1.165) is 0 Å². The molecule has 0 aliphatic heterocycles. The third kappa shape index (κ3) is 4.72. The quantitative estimate of drug-likeness (QED) is 0.763. The Morgan fingerprint density at radius 1 is 1.16 bits per heavy atom. The van der Waals surface area contributed by atoms with Crippen molar-refractivity contribution in [3.8, 4) is 0 Å². The van der Waals surface area contributed by atoms with Crippen molar-refractivity contribution in [1.29, 1.82) is 0 Å². The highest BCUT2D eigenvalue weighted by Gasteiger charge is 2.27. The predicted molar refractivity (Wildman–Crippen MR) is 84.6 cm³/mol. The number of amides is 1. The molecule has 0 bridgehead atoms. The summed E-state index contributed by atoms with van der Waals surface area (Å²) in [6.07, 6.45) is 1.37. The molecule has 0 unspecified atom stereocenters. The van der Waals surface area contributed by atoms with Crippen molar-refractivity contribution < 1.29 is 32.7 Å². The van der Waals surface area contributed by atoms with E-state index in [4.69, 9.17) is 13.6 Å². The first-order valence-corrected chi connectivity index (χ1v) is 7.60. The number of hydrogen-bond acceptors (Lipinski definition) is 7. The van der Waals surface area contributed by atoms with Crippen LogP contribution in [0.15, 0.2) is 39.4 Å². The van der Waals surface area contributed by atoms with Crippen LogP contribution in [0.2, 0.25) is 0 Å². The summed E-state index contributed by atoms with van der Waals surface area (Å²) < 4.78 is 19.9. The van der Waals surface area contributed by atoms with Crippen molar-refractivity contribution in [2.24, 2.45) is 5.92 Å². The zero-order valence-electron chi connectivity index (χ0n) is 14.1. The molecule has 0 aromatic carbocycles. The highest BCUT2D eigenvalue weighted by atomic mass is 16.6. The number of carbonyl (C=O) groups is 3. The third-order valence-corrected chi connectivity index (χ3v) is 3.36. The molecule has 25 heavy (non-hydrogen) atoms. The smallest absolute Gasteiger partial charge is 0.373 e. The Kier molecular flexibility index (Phi) is 5.99. The van der Waals surface area contributed by atoms with E-state index in [1.54, 1.807) is 19.9 Å². The number of methoxy groups -OCH3 is 1. The average molecular weight is 349 g/mol. The molecule has 0 spiro atoms. The Balaban J connectivity index is 1.95. The third-order valence-electron chi connectivity index (χ3n) is 3.36. The molecular formula is C17H19NO7. The van der Waals surface area contributed by atoms with E-state index in [0.29, 0.717) is 0 Å². The lowest BCUT2D eigenvalue weighted by molar-refractivity contribution is -0.149. The van der Waals surface area contributed by atoms with Gasteiger partial charge in [0.15, 0.2) is 5.76 Å². The minimum Gasteiger partial charge on any atom is -0.463 e. The highest BCUT2D eigenvalue weighted by molar-refractivity contribution is 5.94. The van der Waals surface area contributed by atoms with Crippen LogP contribution in [0.1, 0.15) is 40.7 Å². The SMILES string of the molecule is COC(=O)c1ccc(COC(=O)[C@H](NC(=O)c2ccco2)C(C)C)o1. The summed E-state index contributed by atoms with van der Waals surface area (Å²) >= 11 is 0. The first kappa shape index (κ1) is 18.3. The van der Waals surface area contributed by atoms with E-state index < -0.39 is 23.9 Å². The standard InChI is InChI=1S/C17H19NO7/c1-10(2)14(18-15(19)12-5-4-8-23-12)17(21)24-9-11-6-7-13(25-11)16(20)22-3/h4-8,10,14H,9H2,1-3H3,(H,18,19)/t14-/m1/s1. The Labute approximate surface area is 144 Å². The van der Waals surface area contributed by atoms with E-state index in [1.807, 2.05) is 0 Å². The van der Waals surface area contributed by atoms with Gasteiger partial charge in [-0.3, -0.25) is 4.79 Å². The molecule has 1 amide bonds. The number of ether oxygens (including phenoxy) is 2. The maximum absolute atomic E-state index is 12.3. The van der Waals surface area contributed by atoms with E-state index in [9.17, 15) is 14.4 Å². The topological polar surface area (TPSA) is 108 Å². The molecule has 0 fully saturated rings. The largest absolute Gasteiger partial charge is 0.463 e. The van der Waals surface area contributed by atoms with Gasteiger partial charge in [0.1, 0.15) is 18.4 Å². The Bertz CT molecular complexity index is 730. The molecule has 134 valence electrons. The summed E-state index contributed by atoms with van der Waals surface area (Å²) in [4.78, 5) is 35.6. The van der Waals surface area contributed by atoms with Crippen molar-refractivity contribution in [3.63, 3.8) is 0 Å². The fourth-order valence-electron chi connectivity index (χ4n) is 2.02. The Morgan fingerprint density at radius 2 is 1.92 bits per heavy atom. The first-order valence-electron chi connectivity index (χ1n) is 7.60. The van der Waals surface area contributed by atoms with Crippen LogP contribution >= 0.6 is 0 Å². The van der Waals surface area contributed by atoms with Crippen molar-refractivity contribution in [2.45, 2.75) is 26.5 Å². The van der Waals surface area contributed by atoms with E-state index in [1.165, 1.54) is 31.6 Å². The molecule has 2 rings (SSSR count). The van der Waals surface area contributed by atoms with Crippen molar-refractivity contribution in [2.75, 3.05) is 7.11 Å². The fourth-order valence-corrected chi connectivity index (χ4v) is 2.02. The zero-order valence-corrected chi connectivity index (χ0v) is 14.1. The number of furan rings is 2. The molecule has 0 aliphatic rings. The first-order chi connectivity index (χ1) is 11.9. The second kappa shape index (κ2) is 8.18. The zero-order chi connectivity index (χ0) is 18.4. The molecular weight excluding hydrogens is 330 g/mol. The molecule has 0 saturated carbocycles. The average Bonchev–Trinajstić information content (AvgIpc) is 3.27. The van der Waals surface area contributed by atoms with Gasteiger partial charge in [-0.2, -0.15) is 0 Å². The molecule has 8 nitrogen and oxygen atoms in total. The number of rotatable bonds is 7. The number of hydrogen-bond donors (Lipinski definition) is 1. The van der Waals surface area contributed by atoms with Crippen LogP contribution < -0.4 is 5.32 Å². The van der Waals surface area contributed by atoms with E-state index >= 15 is 0 Å². The van der Waals surface area contributed by atoms with Gasteiger partial charge in [0, 0.05) is 0 Å². The molecule has 2 aromatic rings. The molecule has 8 heteroatoms. The monoisotopic (exact) mass is 349 g/mol. The van der Waals surface area contributed by atoms with Gasteiger partial charge in [-0.15, -0.1) is 0 Å². The summed E-state index contributed by atoms with van der Waals surface area (Å²) in [5.74, 6) is -1.55. The molecule has 1 atom stereocenters. The fraction of sp³-hybridized carbons (Fsp3) is 0.353. The maximum Gasteiger partial charge on any atom is 0.373 e. The molecule has 2 heterocycles. The van der Waals surface area contributed by atoms with Crippen LogP contribution in [0.5, 0.6) is 0 Å². The van der Waals surface area contributed by atoms with Crippen molar-refractivity contribution >= 4 is 17.8 Å². The molecule has 0 radical (unpaired) electrons. The van der Waals surface area contributed by atoms with Crippen molar-refractivity contribution in [1.82, 2.24) is 5.32 Å². The maximum atomic E-state index is 12.3. The summed E-state index contributed by atoms with van der Waals surface area (Å²) in [6.45, 7) is 3.38. The van der Waals surface area contributed by atoms with Gasteiger partial charge < -0.3 is 23.6 Å². The van der Waals surface area contributed by atoms with Gasteiger partial charge in [0.05, 0.1) is 13.4 Å². The number of esters is 2. The van der Waals surface area contributed by atoms with Gasteiger partial charge in [0.25, 0.3) is 5.91 Å². The van der Waals surface area contributed by atoms with Crippen LogP contribution in [-0.2, 0) is 20.9 Å². The highest BCUT2D eigenvalue weighted by Crippen LogP contribution is 2.12. The van der Waals surface area contributed by atoms with E-state index in [-0.39, 0.29) is 29.8 Å². The number of nitrogens with one attached hydrogen (secondary N) is 1. The molecule has 0 saturated heterocycles. The van der Waals surface area contributed by atoms with Gasteiger partial charge in [-0.05, 0) is 30.2 Å². The lowest BCUT2D eigenvalue weighted by Gasteiger charge is -2.20. The summed E-state index contributed by atoms with van der Waals surface area (Å²) in [5.41, 5.74) is 0. The molecule has 0 aliphatic carbocycles. The van der Waals surface area contributed by atoms with Crippen LogP contribution in [0.25, 0.3) is 0 Å². The summed E-state index contributed by atoms with van der Waals surface area (Å²) in [6, 6.07) is 5.15. The minimum absolute atomic E-state index is 0.0140. The molecule has 2 aromatic heterocycles. The Morgan fingerprint density at radius 3 is 2.52 bits per heavy atom. The summed E-state index contributed by atoms with van der Waals surface area (Å²) in [7, 11) is 1.24. The van der Waals surface area contributed by atoms with Crippen LogP contribution in [0, 0.1) is 5.92 Å². The Hall–Kier alpha value is -3.03. The van der Waals surface area contributed by atoms with Crippen molar-refractivity contribution in [3.05, 3.63) is 47.8 Å². The van der Waals surface area contributed by atoms with Gasteiger partial charge >= 0.3 is 11.9 Å². The van der Waals surface area contributed by atoms with Gasteiger partial charge in [-0.1, -0.05) is 13.8 Å².